The van der Waals surface area contributed by atoms with Gasteiger partial charge >= 0.3 is 0 Å². The number of nitrogens with zero attached hydrogens (tertiary/aromatic N) is 1. The first-order valence-corrected chi connectivity index (χ1v) is 7.87. The van der Waals surface area contributed by atoms with Gasteiger partial charge in [-0.05, 0) is 76.5 Å². The van der Waals surface area contributed by atoms with Crippen molar-refractivity contribution in [1.29, 1.82) is 0 Å². The van der Waals surface area contributed by atoms with Crippen LogP contribution in [-0.2, 0) is 6.42 Å². The van der Waals surface area contributed by atoms with E-state index in [0.29, 0.717) is 12.0 Å². The van der Waals surface area contributed by atoms with E-state index >= 15 is 0 Å². The van der Waals surface area contributed by atoms with Crippen LogP contribution in [0.5, 0.6) is 0 Å². The number of rotatable bonds is 6. The Kier molecular flexibility index (Phi) is 5.33. The molecule has 2 rings (SSSR count). The van der Waals surface area contributed by atoms with Gasteiger partial charge in [-0.3, -0.25) is 4.90 Å². The highest BCUT2D eigenvalue weighted by atomic mass is 19.1. The van der Waals surface area contributed by atoms with Crippen molar-refractivity contribution in [3.05, 3.63) is 35.4 Å². The summed E-state index contributed by atoms with van der Waals surface area (Å²) in [5, 5.41) is 3.46. The summed E-state index contributed by atoms with van der Waals surface area (Å²) in [5.41, 5.74) is 0.374. The molecule has 0 aliphatic carbocycles. The minimum Gasteiger partial charge on any atom is -0.312 e. The third-order valence-corrected chi connectivity index (χ3v) is 4.66. The molecule has 1 saturated heterocycles. The maximum absolute atomic E-state index is 13.9. The summed E-state index contributed by atoms with van der Waals surface area (Å²) in [5.74, 6) is -0.697. The summed E-state index contributed by atoms with van der Waals surface area (Å²) in [4.78, 5) is 2.46. The summed E-state index contributed by atoms with van der Waals surface area (Å²) < 4.78 is 27.3. The Balaban J connectivity index is 2.19. The van der Waals surface area contributed by atoms with Crippen LogP contribution < -0.4 is 5.32 Å². The van der Waals surface area contributed by atoms with Crippen molar-refractivity contribution in [2.45, 2.75) is 51.6 Å². The van der Waals surface area contributed by atoms with Gasteiger partial charge in [-0.25, -0.2) is 8.78 Å². The Hall–Kier alpha value is -1.00. The van der Waals surface area contributed by atoms with Crippen LogP contribution in [0.25, 0.3) is 0 Å². The molecule has 1 atom stereocenters. The maximum Gasteiger partial charge on any atom is 0.126 e. The molecule has 0 amide bonds. The highest BCUT2D eigenvalue weighted by Gasteiger charge is 2.36. The van der Waals surface area contributed by atoms with Gasteiger partial charge in [0.15, 0.2) is 0 Å². The third kappa shape index (κ3) is 3.80. The molecule has 4 heteroatoms. The zero-order valence-corrected chi connectivity index (χ0v) is 13.3. The average molecular weight is 296 g/mol. The Labute approximate surface area is 126 Å². The summed E-state index contributed by atoms with van der Waals surface area (Å²) in [6, 6.07) is 3.81. The minimum absolute atomic E-state index is 0.0781. The molecule has 1 fully saturated rings. The topological polar surface area (TPSA) is 15.3 Å². The molecule has 0 radical (unpaired) electrons. The Morgan fingerprint density at radius 1 is 1.24 bits per heavy atom. The van der Waals surface area contributed by atoms with Crippen LogP contribution in [0, 0.1) is 11.6 Å². The van der Waals surface area contributed by atoms with Crippen LogP contribution >= 0.6 is 0 Å². The van der Waals surface area contributed by atoms with E-state index in [9.17, 15) is 8.78 Å². The van der Waals surface area contributed by atoms with E-state index in [1.54, 1.807) is 0 Å². The lowest BCUT2D eigenvalue weighted by Crippen LogP contribution is -2.57. The van der Waals surface area contributed by atoms with Crippen LogP contribution in [0.4, 0.5) is 8.78 Å². The van der Waals surface area contributed by atoms with Crippen LogP contribution in [-0.4, -0.2) is 36.1 Å². The minimum atomic E-state index is -0.374. The second kappa shape index (κ2) is 6.84. The van der Waals surface area contributed by atoms with Crippen LogP contribution in [0.15, 0.2) is 18.2 Å². The number of hydrogen-bond acceptors (Lipinski definition) is 2. The SMILES string of the molecule is CCNC(Cc1cc(F)ccc1F)C(C)(C)N1CCCC1. The number of likely N-dealkylation sites (tertiary alicyclic amines) is 1. The zero-order valence-electron chi connectivity index (χ0n) is 13.3. The molecule has 0 aromatic heterocycles. The number of hydrogen-bond donors (Lipinski definition) is 1. The molecular formula is C17H26F2N2. The predicted molar refractivity (Wildman–Crippen MR) is 82.4 cm³/mol. The Bertz CT molecular complexity index is 468. The fourth-order valence-electron chi connectivity index (χ4n) is 3.25. The largest absolute Gasteiger partial charge is 0.312 e. The van der Waals surface area contributed by atoms with Gasteiger partial charge in [-0.2, -0.15) is 0 Å². The van der Waals surface area contributed by atoms with Crippen molar-refractivity contribution in [3.63, 3.8) is 0 Å². The molecule has 0 bridgehead atoms. The van der Waals surface area contributed by atoms with Crippen molar-refractivity contribution >= 4 is 0 Å². The van der Waals surface area contributed by atoms with Crippen LogP contribution in [0.1, 0.15) is 39.2 Å². The number of halogens is 2. The molecule has 21 heavy (non-hydrogen) atoms. The molecule has 1 heterocycles. The van der Waals surface area contributed by atoms with E-state index in [-0.39, 0.29) is 23.2 Å². The molecule has 0 saturated carbocycles. The van der Waals surface area contributed by atoms with Crippen molar-refractivity contribution in [2.75, 3.05) is 19.6 Å². The summed E-state index contributed by atoms with van der Waals surface area (Å²) in [7, 11) is 0. The van der Waals surface area contributed by atoms with Gasteiger partial charge in [-0.1, -0.05) is 6.92 Å². The summed E-state index contributed by atoms with van der Waals surface area (Å²) in [6.07, 6.45) is 2.94. The van der Waals surface area contributed by atoms with Crippen molar-refractivity contribution < 1.29 is 8.78 Å². The third-order valence-electron chi connectivity index (χ3n) is 4.66. The van der Waals surface area contributed by atoms with Gasteiger partial charge in [0.25, 0.3) is 0 Å². The smallest absolute Gasteiger partial charge is 0.126 e. The fraction of sp³-hybridized carbons (Fsp3) is 0.647. The molecular weight excluding hydrogens is 270 g/mol. The lowest BCUT2D eigenvalue weighted by Gasteiger charge is -2.42. The molecule has 1 unspecified atom stereocenters. The molecule has 1 aliphatic heterocycles. The Morgan fingerprint density at radius 2 is 1.90 bits per heavy atom. The highest BCUT2D eigenvalue weighted by molar-refractivity contribution is 5.21. The summed E-state index contributed by atoms with van der Waals surface area (Å²) in [6.45, 7) is 9.43. The van der Waals surface area contributed by atoms with Crippen LogP contribution in [0.3, 0.4) is 0 Å². The van der Waals surface area contributed by atoms with Gasteiger partial charge in [0.05, 0.1) is 0 Å². The standard InChI is InChI=1S/C17H26F2N2/c1-4-20-16(17(2,3)21-9-5-6-10-21)12-13-11-14(18)7-8-15(13)19/h7-8,11,16,20H,4-6,9-10,12H2,1-3H3. The summed E-state index contributed by atoms with van der Waals surface area (Å²) >= 11 is 0. The van der Waals surface area contributed by atoms with Gasteiger partial charge in [0, 0.05) is 11.6 Å². The predicted octanol–water partition coefficient (Wildman–Crippen LogP) is 3.36. The molecule has 0 spiro atoms. The average Bonchev–Trinajstić information content (AvgIpc) is 2.97. The van der Waals surface area contributed by atoms with Gasteiger partial charge in [-0.15, -0.1) is 0 Å². The second-order valence-corrected chi connectivity index (χ2v) is 6.40. The van der Waals surface area contributed by atoms with E-state index in [1.165, 1.54) is 31.0 Å². The number of nitrogens with one attached hydrogen (secondary N) is 1. The van der Waals surface area contributed by atoms with Crippen molar-refractivity contribution in [3.8, 4) is 0 Å². The quantitative estimate of drug-likeness (QED) is 0.866. The van der Waals surface area contributed by atoms with E-state index in [0.717, 1.165) is 19.6 Å². The van der Waals surface area contributed by atoms with E-state index in [2.05, 4.69) is 31.0 Å². The molecule has 2 nitrogen and oxygen atoms in total. The second-order valence-electron chi connectivity index (χ2n) is 6.40. The normalized spacial score (nSPS) is 18.1. The molecule has 1 aliphatic rings. The first-order chi connectivity index (χ1) is 9.95. The van der Waals surface area contributed by atoms with E-state index in [1.807, 2.05) is 0 Å². The lowest BCUT2D eigenvalue weighted by atomic mass is 9.87. The lowest BCUT2D eigenvalue weighted by molar-refractivity contribution is 0.107. The highest BCUT2D eigenvalue weighted by Crippen LogP contribution is 2.27. The number of likely N-dealkylation sites (N-methyl/N-ethyl adjacent to an activating group) is 1. The number of benzene rings is 1. The van der Waals surface area contributed by atoms with Crippen molar-refractivity contribution in [1.82, 2.24) is 10.2 Å². The van der Waals surface area contributed by atoms with Crippen LogP contribution in [0.2, 0.25) is 0 Å². The zero-order chi connectivity index (χ0) is 15.5. The van der Waals surface area contributed by atoms with E-state index < -0.39 is 0 Å². The molecule has 1 N–H and O–H groups in total. The fourth-order valence-corrected chi connectivity index (χ4v) is 3.25. The molecule has 1 aromatic rings. The maximum atomic E-state index is 13.9. The molecule has 118 valence electrons. The Morgan fingerprint density at radius 3 is 2.52 bits per heavy atom. The first kappa shape index (κ1) is 16.4. The van der Waals surface area contributed by atoms with Crippen molar-refractivity contribution in [2.24, 2.45) is 0 Å². The van der Waals surface area contributed by atoms with Gasteiger partial charge in [0.1, 0.15) is 11.6 Å². The van der Waals surface area contributed by atoms with Gasteiger partial charge < -0.3 is 5.32 Å². The monoisotopic (exact) mass is 296 g/mol. The molecule has 1 aromatic carbocycles. The van der Waals surface area contributed by atoms with Gasteiger partial charge in [0.2, 0.25) is 0 Å². The first-order valence-electron chi connectivity index (χ1n) is 7.87. The van der Waals surface area contributed by atoms with E-state index in [4.69, 9.17) is 0 Å².